The molecule has 0 heterocycles. The van der Waals surface area contributed by atoms with Crippen molar-refractivity contribution in [2.75, 3.05) is 20.3 Å². The van der Waals surface area contributed by atoms with E-state index in [0.717, 1.165) is 16.9 Å². The van der Waals surface area contributed by atoms with Gasteiger partial charge in [-0.2, -0.15) is 13.2 Å². The fourth-order valence-electron chi connectivity index (χ4n) is 2.64. The van der Waals surface area contributed by atoms with Crippen LogP contribution in [0, 0.1) is 0 Å². The van der Waals surface area contributed by atoms with Crippen LogP contribution in [-0.4, -0.2) is 32.4 Å². The Hall–Kier alpha value is -2.74. The summed E-state index contributed by atoms with van der Waals surface area (Å²) in [6.45, 7) is 2.24. The Bertz CT molecular complexity index is 795. The lowest BCUT2D eigenvalue weighted by molar-refractivity contribution is -0.176. The highest BCUT2D eigenvalue weighted by molar-refractivity contribution is 5.79. The number of hydrogen-bond acceptors (Lipinski definition) is 3. The SMILES string of the molecule is CCNC(=NCc1cccc(COCC(F)(F)F)c1)NCc1ccccc1OC. The number of hydrogen-bond donors (Lipinski definition) is 2. The van der Waals surface area contributed by atoms with Crippen LogP contribution in [0.4, 0.5) is 13.2 Å². The summed E-state index contributed by atoms with van der Waals surface area (Å²) >= 11 is 0. The molecule has 0 bridgehead atoms. The number of para-hydroxylation sites is 1. The van der Waals surface area contributed by atoms with Gasteiger partial charge in [0, 0.05) is 18.7 Å². The molecular weight excluding hydrogens is 383 g/mol. The number of halogens is 3. The lowest BCUT2D eigenvalue weighted by Gasteiger charge is -2.13. The number of alkyl halides is 3. The maximum absolute atomic E-state index is 12.2. The van der Waals surface area contributed by atoms with Crippen molar-refractivity contribution in [3.05, 3.63) is 65.2 Å². The highest BCUT2D eigenvalue weighted by Crippen LogP contribution is 2.17. The maximum atomic E-state index is 12.2. The van der Waals surface area contributed by atoms with E-state index in [-0.39, 0.29) is 6.61 Å². The molecule has 2 aromatic rings. The van der Waals surface area contributed by atoms with Crippen molar-refractivity contribution in [1.29, 1.82) is 0 Å². The number of methoxy groups -OCH3 is 1. The quantitative estimate of drug-likeness (QED) is 0.485. The van der Waals surface area contributed by atoms with Crippen molar-refractivity contribution < 1.29 is 22.6 Å². The second kappa shape index (κ2) is 11.3. The molecular formula is C21H26F3N3O2. The molecule has 2 rings (SSSR count). The normalized spacial score (nSPS) is 12.0. The monoisotopic (exact) mass is 409 g/mol. The summed E-state index contributed by atoms with van der Waals surface area (Å²) in [7, 11) is 1.63. The number of benzene rings is 2. The summed E-state index contributed by atoms with van der Waals surface area (Å²) in [6, 6.07) is 14.9. The minimum Gasteiger partial charge on any atom is -0.496 e. The molecule has 0 amide bonds. The third-order valence-corrected chi connectivity index (χ3v) is 3.93. The van der Waals surface area contributed by atoms with Gasteiger partial charge in [-0.05, 0) is 24.1 Å². The maximum Gasteiger partial charge on any atom is 0.411 e. The van der Waals surface area contributed by atoms with E-state index < -0.39 is 12.8 Å². The van der Waals surface area contributed by atoms with Gasteiger partial charge in [-0.1, -0.05) is 42.5 Å². The molecule has 5 nitrogen and oxygen atoms in total. The Kier molecular flexibility index (Phi) is 8.79. The van der Waals surface area contributed by atoms with Gasteiger partial charge in [-0.3, -0.25) is 0 Å². The molecule has 0 saturated heterocycles. The molecule has 0 atom stereocenters. The number of nitrogens with zero attached hydrogens (tertiary/aromatic N) is 1. The van der Waals surface area contributed by atoms with Gasteiger partial charge < -0.3 is 20.1 Å². The first-order valence-electron chi connectivity index (χ1n) is 9.27. The average molecular weight is 409 g/mol. The minimum atomic E-state index is -4.32. The zero-order chi connectivity index (χ0) is 21.1. The van der Waals surface area contributed by atoms with Gasteiger partial charge in [-0.25, -0.2) is 4.99 Å². The first-order chi connectivity index (χ1) is 13.9. The van der Waals surface area contributed by atoms with Crippen LogP contribution in [0.2, 0.25) is 0 Å². The van der Waals surface area contributed by atoms with E-state index >= 15 is 0 Å². The summed E-state index contributed by atoms with van der Waals surface area (Å²) in [5.41, 5.74) is 2.56. The van der Waals surface area contributed by atoms with Gasteiger partial charge in [0.2, 0.25) is 0 Å². The van der Waals surface area contributed by atoms with E-state index in [9.17, 15) is 13.2 Å². The van der Waals surface area contributed by atoms with Gasteiger partial charge in [0.15, 0.2) is 5.96 Å². The van der Waals surface area contributed by atoms with Crippen LogP contribution in [0.5, 0.6) is 5.75 Å². The Balaban J connectivity index is 1.96. The lowest BCUT2D eigenvalue weighted by Crippen LogP contribution is -2.36. The van der Waals surface area contributed by atoms with E-state index in [4.69, 9.17) is 9.47 Å². The number of rotatable bonds is 9. The highest BCUT2D eigenvalue weighted by atomic mass is 19.4. The summed E-state index contributed by atoms with van der Waals surface area (Å²) < 4.78 is 46.7. The van der Waals surface area contributed by atoms with E-state index in [1.165, 1.54) is 0 Å². The van der Waals surface area contributed by atoms with Crippen LogP contribution in [-0.2, 0) is 24.4 Å². The van der Waals surface area contributed by atoms with Crippen molar-refractivity contribution in [3.8, 4) is 5.75 Å². The van der Waals surface area contributed by atoms with E-state index in [2.05, 4.69) is 15.6 Å². The topological polar surface area (TPSA) is 54.9 Å². The van der Waals surface area contributed by atoms with Crippen molar-refractivity contribution in [2.24, 2.45) is 4.99 Å². The van der Waals surface area contributed by atoms with Gasteiger partial charge in [0.05, 0.1) is 20.3 Å². The third-order valence-electron chi connectivity index (χ3n) is 3.93. The van der Waals surface area contributed by atoms with E-state index in [0.29, 0.717) is 31.2 Å². The average Bonchev–Trinajstić information content (AvgIpc) is 2.69. The Morgan fingerprint density at radius 1 is 1.03 bits per heavy atom. The molecule has 8 heteroatoms. The van der Waals surface area contributed by atoms with Crippen molar-refractivity contribution in [2.45, 2.75) is 32.8 Å². The molecule has 29 heavy (non-hydrogen) atoms. The molecule has 0 radical (unpaired) electrons. The highest BCUT2D eigenvalue weighted by Gasteiger charge is 2.27. The minimum absolute atomic E-state index is 0.0941. The molecule has 0 aliphatic heterocycles. The standard InChI is InChI=1S/C21H26F3N3O2/c1-3-25-20(27-13-18-9-4-5-10-19(18)28-2)26-12-16-7-6-8-17(11-16)14-29-15-21(22,23)24/h4-11H,3,12-15H2,1-2H3,(H2,25,26,27). The van der Waals surface area contributed by atoms with Gasteiger partial charge in [0.1, 0.15) is 12.4 Å². The summed E-state index contributed by atoms with van der Waals surface area (Å²) in [6.07, 6.45) is -4.32. The molecule has 158 valence electrons. The first-order valence-corrected chi connectivity index (χ1v) is 9.27. The summed E-state index contributed by atoms with van der Waals surface area (Å²) in [5.74, 6) is 1.43. The molecule has 0 unspecified atom stereocenters. The van der Waals surface area contributed by atoms with Crippen LogP contribution < -0.4 is 15.4 Å². The molecule has 2 aromatic carbocycles. The van der Waals surface area contributed by atoms with E-state index in [1.54, 1.807) is 25.3 Å². The van der Waals surface area contributed by atoms with Gasteiger partial charge in [0.25, 0.3) is 0 Å². The molecule has 0 aromatic heterocycles. The Labute approximate surface area is 168 Å². The van der Waals surface area contributed by atoms with Crippen LogP contribution in [0.3, 0.4) is 0 Å². The zero-order valence-electron chi connectivity index (χ0n) is 16.6. The van der Waals surface area contributed by atoms with Gasteiger partial charge >= 0.3 is 6.18 Å². The second-order valence-electron chi connectivity index (χ2n) is 6.29. The number of aliphatic imine (C=N–C) groups is 1. The fraction of sp³-hybridized carbons (Fsp3) is 0.381. The lowest BCUT2D eigenvalue weighted by atomic mass is 10.1. The Morgan fingerprint density at radius 3 is 2.52 bits per heavy atom. The summed E-state index contributed by atoms with van der Waals surface area (Å²) in [5, 5.41) is 6.43. The van der Waals surface area contributed by atoms with Crippen molar-refractivity contribution in [3.63, 3.8) is 0 Å². The van der Waals surface area contributed by atoms with Crippen molar-refractivity contribution >= 4 is 5.96 Å². The molecule has 0 aliphatic rings. The Morgan fingerprint density at radius 2 is 1.79 bits per heavy atom. The number of ether oxygens (including phenoxy) is 2. The predicted molar refractivity (Wildman–Crippen MR) is 107 cm³/mol. The predicted octanol–water partition coefficient (Wildman–Crippen LogP) is 4.03. The van der Waals surface area contributed by atoms with Crippen LogP contribution >= 0.6 is 0 Å². The first kappa shape index (κ1) is 22.5. The molecule has 0 saturated carbocycles. The van der Waals surface area contributed by atoms with E-state index in [1.807, 2.05) is 37.3 Å². The molecule has 0 spiro atoms. The second-order valence-corrected chi connectivity index (χ2v) is 6.29. The van der Waals surface area contributed by atoms with Crippen LogP contribution in [0.1, 0.15) is 23.6 Å². The molecule has 2 N–H and O–H groups in total. The number of guanidine groups is 1. The number of nitrogens with one attached hydrogen (secondary N) is 2. The van der Waals surface area contributed by atoms with Crippen molar-refractivity contribution in [1.82, 2.24) is 10.6 Å². The fourth-order valence-corrected chi connectivity index (χ4v) is 2.64. The third kappa shape index (κ3) is 8.43. The summed E-state index contributed by atoms with van der Waals surface area (Å²) in [4.78, 5) is 4.55. The van der Waals surface area contributed by atoms with Gasteiger partial charge in [-0.15, -0.1) is 0 Å². The largest absolute Gasteiger partial charge is 0.496 e. The molecule has 0 fully saturated rings. The zero-order valence-corrected chi connectivity index (χ0v) is 16.6. The van der Waals surface area contributed by atoms with Crippen LogP contribution in [0.15, 0.2) is 53.5 Å². The van der Waals surface area contributed by atoms with Crippen LogP contribution in [0.25, 0.3) is 0 Å². The molecule has 0 aliphatic carbocycles. The smallest absolute Gasteiger partial charge is 0.411 e.